The van der Waals surface area contributed by atoms with E-state index < -0.39 is 6.10 Å². The molecule has 6 heteroatoms. The maximum absolute atomic E-state index is 12.9. The number of esters is 3. The van der Waals surface area contributed by atoms with Crippen molar-refractivity contribution in [2.24, 2.45) is 0 Å². The molecule has 6 nitrogen and oxygen atoms in total. The van der Waals surface area contributed by atoms with Crippen LogP contribution in [-0.4, -0.2) is 37.2 Å². The van der Waals surface area contributed by atoms with E-state index in [1.807, 2.05) is 0 Å². The maximum Gasteiger partial charge on any atom is 0.306 e. The van der Waals surface area contributed by atoms with Gasteiger partial charge in [-0.2, -0.15) is 0 Å². The maximum atomic E-state index is 12.9. The summed E-state index contributed by atoms with van der Waals surface area (Å²) in [5.41, 5.74) is 0. The molecule has 69 heavy (non-hydrogen) atoms. The van der Waals surface area contributed by atoms with E-state index in [1.165, 1.54) is 231 Å². The summed E-state index contributed by atoms with van der Waals surface area (Å²) in [4.78, 5) is 38.2. The molecule has 1 unspecified atom stereocenters. The summed E-state index contributed by atoms with van der Waals surface area (Å²) in [6, 6.07) is 0. The molecule has 0 saturated heterocycles. The fourth-order valence-electron chi connectivity index (χ4n) is 9.26. The van der Waals surface area contributed by atoms with Gasteiger partial charge < -0.3 is 14.2 Å². The summed E-state index contributed by atoms with van der Waals surface area (Å²) in [6.45, 7) is 6.68. The number of carbonyl (C=O) groups excluding carboxylic acids is 3. The van der Waals surface area contributed by atoms with Crippen LogP contribution < -0.4 is 0 Å². The Balaban J connectivity index is 4.34. The van der Waals surface area contributed by atoms with Crippen LogP contribution in [0.3, 0.4) is 0 Å². The second-order valence-corrected chi connectivity index (χ2v) is 21.0. The molecule has 0 fully saturated rings. The van der Waals surface area contributed by atoms with E-state index in [1.54, 1.807) is 0 Å². The zero-order chi connectivity index (χ0) is 50.0. The van der Waals surface area contributed by atoms with Crippen LogP contribution in [0.4, 0.5) is 0 Å². The lowest BCUT2D eigenvalue weighted by molar-refractivity contribution is -0.167. The van der Waals surface area contributed by atoms with Gasteiger partial charge in [0.15, 0.2) is 6.10 Å². The smallest absolute Gasteiger partial charge is 0.306 e. The number of hydrogen-bond donors (Lipinski definition) is 0. The van der Waals surface area contributed by atoms with Gasteiger partial charge in [0.25, 0.3) is 0 Å². The third-order valence-electron chi connectivity index (χ3n) is 13.9. The first-order valence-electron chi connectivity index (χ1n) is 30.8. The summed E-state index contributed by atoms with van der Waals surface area (Å²) < 4.78 is 16.9. The molecule has 0 aliphatic rings. The number of ether oxygens (including phenoxy) is 3. The average molecular weight is 972 g/mol. The molecule has 0 aromatic carbocycles. The van der Waals surface area contributed by atoms with Gasteiger partial charge in [0.05, 0.1) is 0 Å². The largest absolute Gasteiger partial charge is 0.462 e. The van der Waals surface area contributed by atoms with Gasteiger partial charge in [-0.05, 0) is 70.6 Å². The highest BCUT2D eigenvalue weighted by Gasteiger charge is 2.19. The van der Waals surface area contributed by atoms with E-state index in [4.69, 9.17) is 14.2 Å². The minimum absolute atomic E-state index is 0.0736. The highest BCUT2D eigenvalue weighted by molar-refractivity contribution is 5.71. The molecular formula is C63H118O6. The fraction of sp³-hybridized carbons (Fsp3) is 0.889. The summed E-state index contributed by atoms with van der Waals surface area (Å²) in [5.74, 6) is -0.865. The standard InChI is InChI=1S/C63H118O6/c1-4-7-10-13-16-19-22-25-28-31-33-35-38-41-44-47-50-53-56-62(65)68-59-60(58-67-61(64)55-52-49-46-43-40-37-34-30-27-24-21-18-15-12-9-6-3)69-63(66)57-54-51-48-45-42-39-36-32-29-26-23-20-17-14-11-8-5-2/h30,33-35,60H,4-29,31-32,36-59H2,1-3H3/b34-30-,35-33-. The van der Waals surface area contributed by atoms with Gasteiger partial charge in [-0.1, -0.05) is 276 Å². The van der Waals surface area contributed by atoms with Crippen molar-refractivity contribution in [1.82, 2.24) is 0 Å². The topological polar surface area (TPSA) is 78.9 Å². The van der Waals surface area contributed by atoms with Crippen molar-refractivity contribution in [1.29, 1.82) is 0 Å². The Morgan fingerprint density at radius 2 is 0.478 bits per heavy atom. The predicted molar refractivity (Wildman–Crippen MR) is 298 cm³/mol. The lowest BCUT2D eigenvalue weighted by atomic mass is 10.0. The monoisotopic (exact) mass is 971 g/mol. The zero-order valence-electron chi connectivity index (χ0n) is 46.6. The van der Waals surface area contributed by atoms with Gasteiger partial charge in [-0.25, -0.2) is 0 Å². The third kappa shape index (κ3) is 56.7. The summed E-state index contributed by atoms with van der Waals surface area (Å²) in [7, 11) is 0. The Hall–Kier alpha value is -2.11. The number of allylic oxidation sites excluding steroid dienone is 4. The van der Waals surface area contributed by atoms with Crippen molar-refractivity contribution >= 4 is 17.9 Å². The van der Waals surface area contributed by atoms with Crippen LogP contribution in [0.25, 0.3) is 0 Å². The Morgan fingerprint density at radius 1 is 0.275 bits per heavy atom. The molecule has 0 amide bonds. The molecule has 0 radical (unpaired) electrons. The van der Waals surface area contributed by atoms with E-state index in [2.05, 4.69) is 45.1 Å². The predicted octanol–water partition coefficient (Wildman–Crippen LogP) is 20.7. The molecular weight excluding hydrogens is 853 g/mol. The van der Waals surface area contributed by atoms with Crippen molar-refractivity contribution in [2.45, 2.75) is 348 Å². The number of carbonyl (C=O) groups is 3. The van der Waals surface area contributed by atoms with Crippen LogP contribution in [0, 0.1) is 0 Å². The van der Waals surface area contributed by atoms with E-state index >= 15 is 0 Å². The van der Waals surface area contributed by atoms with Crippen molar-refractivity contribution in [3.63, 3.8) is 0 Å². The van der Waals surface area contributed by atoms with Crippen LogP contribution in [0.2, 0.25) is 0 Å². The minimum atomic E-state index is -0.775. The summed E-state index contributed by atoms with van der Waals surface area (Å²) in [5, 5.41) is 0. The Bertz CT molecular complexity index is 1110. The lowest BCUT2D eigenvalue weighted by Gasteiger charge is -2.18. The number of hydrogen-bond acceptors (Lipinski definition) is 6. The first kappa shape index (κ1) is 66.9. The highest BCUT2D eigenvalue weighted by Crippen LogP contribution is 2.17. The molecule has 0 aliphatic heterocycles. The molecule has 0 saturated carbocycles. The molecule has 0 aliphatic carbocycles. The second-order valence-electron chi connectivity index (χ2n) is 21.0. The van der Waals surface area contributed by atoms with Gasteiger partial charge in [0.1, 0.15) is 13.2 Å². The SMILES string of the molecule is CCCCCCCCC/C=C\CCCCCCCC(=O)OCC(COC(=O)CCCCCCC/C=C\CCCCCCCCCCC)OC(=O)CCCCCCCCCCCCCCCCCCC. The van der Waals surface area contributed by atoms with E-state index in [9.17, 15) is 14.4 Å². The van der Waals surface area contributed by atoms with E-state index in [-0.39, 0.29) is 31.1 Å². The summed E-state index contributed by atoms with van der Waals surface area (Å²) >= 11 is 0. The summed E-state index contributed by atoms with van der Waals surface area (Å²) in [6.07, 6.45) is 68.9. The molecule has 0 N–H and O–H groups in total. The van der Waals surface area contributed by atoms with Crippen molar-refractivity contribution in [2.75, 3.05) is 13.2 Å². The third-order valence-corrected chi connectivity index (χ3v) is 13.9. The van der Waals surface area contributed by atoms with Gasteiger partial charge in [0, 0.05) is 19.3 Å². The first-order valence-corrected chi connectivity index (χ1v) is 30.8. The fourth-order valence-corrected chi connectivity index (χ4v) is 9.26. The average Bonchev–Trinajstić information content (AvgIpc) is 3.35. The number of rotatable bonds is 57. The molecule has 0 spiro atoms. The Labute approximate surface area is 430 Å². The van der Waals surface area contributed by atoms with Crippen LogP contribution in [0.5, 0.6) is 0 Å². The van der Waals surface area contributed by atoms with Crippen molar-refractivity contribution in [3.05, 3.63) is 24.3 Å². The highest BCUT2D eigenvalue weighted by atomic mass is 16.6. The molecule has 0 aromatic heterocycles. The normalized spacial score (nSPS) is 12.1. The van der Waals surface area contributed by atoms with Crippen molar-refractivity contribution < 1.29 is 28.6 Å². The molecule has 1 atom stereocenters. The van der Waals surface area contributed by atoms with Gasteiger partial charge >= 0.3 is 17.9 Å². The second kappa shape index (κ2) is 58.5. The van der Waals surface area contributed by atoms with Gasteiger partial charge in [0.2, 0.25) is 0 Å². The van der Waals surface area contributed by atoms with E-state index in [0.29, 0.717) is 19.3 Å². The van der Waals surface area contributed by atoms with Crippen LogP contribution in [-0.2, 0) is 28.6 Å². The zero-order valence-corrected chi connectivity index (χ0v) is 46.6. The first-order chi connectivity index (χ1) is 34.0. The molecule has 0 bridgehead atoms. The van der Waals surface area contributed by atoms with Crippen molar-refractivity contribution in [3.8, 4) is 0 Å². The molecule has 0 rings (SSSR count). The Kier molecular flexibility index (Phi) is 56.7. The van der Waals surface area contributed by atoms with E-state index in [0.717, 1.165) is 70.6 Å². The van der Waals surface area contributed by atoms with Gasteiger partial charge in [-0.15, -0.1) is 0 Å². The van der Waals surface area contributed by atoms with Crippen LogP contribution in [0.15, 0.2) is 24.3 Å². The lowest BCUT2D eigenvalue weighted by Crippen LogP contribution is -2.30. The molecule has 0 heterocycles. The molecule has 0 aromatic rings. The van der Waals surface area contributed by atoms with Crippen LogP contribution >= 0.6 is 0 Å². The quantitative estimate of drug-likeness (QED) is 0.0261. The van der Waals surface area contributed by atoms with Gasteiger partial charge in [-0.3, -0.25) is 14.4 Å². The minimum Gasteiger partial charge on any atom is -0.462 e. The van der Waals surface area contributed by atoms with Crippen LogP contribution in [0.1, 0.15) is 342 Å². The Morgan fingerprint density at radius 3 is 0.725 bits per heavy atom. The molecule has 406 valence electrons. The number of unbranched alkanes of at least 4 members (excludes halogenated alkanes) is 42.